The topological polar surface area (TPSA) is 59.8 Å². The van der Waals surface area contributed by atoms with Crippen molar-refractivity contribution in [2.75, 3.05) is 0 Å². The molecule has 1 saturated carbocycles. The minimum atomic E-state index is -0.223. The van der Waals surface area contributed by atoms with Crippen LogP contribution in [0.5, 0.6) is 0 Å². The average Bonchev–Trinajstić information content (AvgIpc) is 3.45. The summed E-state index contributed by atoms with van der Waals surface area (Å²) in [6, 6.07) is 11.2. The van der Waals surface area contributed by atoms with Crippen molar-refractivity contribution in [3.8, 4) is 17.1 Å². The zero-order chi connectivity index (χ0) is 21.5. The van der Waals surface area contributed by atoms with Gasteiger partial charge in [-0.15, -0.1) is 0 Å². The number of nitrogens with one attached hydrogen (secondary N) is 1. The number of hydrogen-bond acceptors (Lipinski definition) is 3. The summed E-state index contributed by atoms with van der Waals surface area (Å²) in [7, 11) is 0. The second-order valence-corrected chi connectivity index (χ2v) is 9.30. The molecule has 6 heteroatoms. The predicted octanol–water partition coefficient (Wildman–Crippen LogP) is 5.63. The third kappa shape index (κ3) is 4.26. The lowest BCUT2D eigenvalue weighted by Crippen LogP contribution is -2.45. The third-order valence-electron chi connectivity index (χ3n) is 5.68. The Morgan fingerprint density at radius 2 is 1.90 bits per heavy atom. The van der Waals surface area contributed by atoms with E-state index in [1.165, 1.54) is 0 Å². The number of rotatable bonds is 6. The molecular weight excluding hydrogens is 396 g/mol. The van der Waals surface area contributed by atoms with Gasteiger partial charge in [-0.2, -0.15) is 0 Å². The number of carbonyl (C=O) groups excluding carboxylic acids is 1. The van der Waals surface area contributed by atoms with E-state index < -0.39 is 0 Å². The highest BCUT2D eigenvalue weighted by atomic mass is 35.5. The lowest BCUT2D eigenvalue weighted by molar-refractivity contribution is 0.0903. The second kappa shape index (κ2) is 7.88. The standard InChI is InChI=1S/C24H27ClN4O/c1-15(2)22-26-11-12-29(22)21-14-17(23(30)28-24(3,4)18-7-8-18)13-20(27-21)16-5-9-19(25)10-6-16/h5-6,9-15,18H,7-8H2,1-4H3,(H,28,30). The van der Waals surface area contributed by atoms with Crippen LogP contribution in [0.15, 0.2) is 48.8 Å². The maximum absolute atomic E-state index is 13.2. The van der Waals surface area contributed by atoms with Crippen molar-refractivity contribution >= 4 is 17.5 Å². The summed E-state index contributed by atoms with van der Waals surface area (Å²) >= 11 is 6.06. The van der Waals surface area contributed by atoms with Gasteiger partial charge in [0.1, 0.15) is 11.6 Å². The van der Waals surface area contributed by atoms with Crippen LogP contribution >= 0.6 is 11.6 Å². The third-order valence-corrected chi connectivity index (χ3v) is 5.93. The molecule has 1 N–H and O–H groups in total. The number of hydrogen-bond donors (Lipinski definition) is 1. The van der Waals surface area contributed by atoms with Gasteiger partial charge in [0.2, 0.25) is 0 Å². The van der Waals surface area contributed by atoms with Gasteiger partial charge in [0.15, 0.2) is 0 Å². The Morgan fingerprint density at radius 3 is 2.53 bits per heavy atom. The molecule has 0 saturated heterocycles. The van der Waals surface area contributed by atoms with Crippen LogP contribution in [0.2, 0.25) is 5.02 Å². The first-order chi connectivity index (χ1) is 14.2. The molecule has 2 heterocycles. The molecule has 0 radical (unpaired) electrons. The average molecular weight is 423 g/mol. The van der Waals surface area contributed by atoms with Crippen molar-refractivity contribution < 1.29 is 4.79 Å². The van der Waals surface area contributed by atoms with Gasteiger partial charge in [0.25, 0.3) is 5.91 Å². The number of nitrogens with zero attached hydrogens (tertiary/aromatic N) is 3. The lowest BCUT2D eigenvalue weighted by atomic mass is 9.98. The van der Waals surface area contributed by atoms with Crippen molar-refractivity contribution in [3.63, 3.8) is 0 Å². The fourth-order valence-electron chi connectivity index (χ4n) is 3.75. The van der Waals surface area contributed by atoms with Gasteiger partial charge in [0, 0.05) is 40.0 Å². The molecular formula is C24H27ClN4O. The zero-order valence-corrected chi connectivity index (χ0v) is 18.6. The second-order valence-electron chi connectivity index (χ2n) is 8.87. The molecule has 2 aromatic heterocycles. The summed E-state index contributed by atoms with van der Waals surface area (Å²) in [6.45, 7) is 8.37. The first kappa shape index (κ1) is 20.6. The monoisotopic (exact) mass is 422 g/mol. The van der Waals surface area contributed by atoms with Crippen LogP contribution in [0, 0.1) is 5.92 Å². The van der Waals surface area contributed by atoms with Gasteiger partial charge in [-0.25, -0.2) is 9.97 Å². The fourth-order valence-corrected chi connectivity index (χ4v) is 3.87. The highest BCUT2D eigenvalue weighted by Crippen LogP contribution is 2.39. The van der Waals surface area contributed by atoms with Crippen molar-refractivity contribution in [2.24, 2.45) is 5.92 Å². The fraction of sp³-hybridized carbons (Fsp3) is 0.375. The molecule has 5 nitrogen and oxygen atoms in total. The minimum absolute atomic E-state index is 0.0861. The van der Waals surface area contributed by atoms with E-state index in [2.05, 4.69) is 38.0 Å². The van der Waals surface area contributed by atoms with Crippen molar-refractivity contribution in [2.45, 2.75) is 52.0 Å². The molecule has 30 heavy (non-hydrogen) atoms. The molecule has 0 aliphatic heterocycles. The van der Waals surface area contributed by atoms with Crippen LogP contribution in [-0.4, -0.2) is 26.0 Å². The van der Waals surface area contributed by atoms with Gasteiger partial charge in [-0.1, -0.05) is 37.6 Å². The Kier molecular flexibility index (Phi) is 5.41. The van der Waals surface area contributed by atoms with Gasteiger partial charge < -0.3 is 5.32 Å². The largest absolute Gasteiger partial charge is 0.347 e. The van der Waals surface area contributed by atoms with Crippen LogP contribution in [0.25, 0.3) is 17.1 Å². The van der Waals surface area contributed by atoms with E-state index in [-0.39, 0.29) is 17.4 Å². The van der Waals surface area contributed by atoms with E-state index >= 15 is 0 Å². The molecule has 0 atom stereocenters. The molecule has 156 valence electrons. The molecule has 1 amide bonds. The van der Waals surface area contributed by atoms with Crippen molar-refractivity contribution in [1.82, 2.24) is 19.9 Å². The number of imidazole rings is 1. The first-order valence-corrected chi connectivity index (χ1v) is 10.8. The summed E-state index contributed by atoms with van der Waals surface area (Å²) < 4.78 is 1.95. The summed E-state index contributed by atoms with van der Waals surface area (Å²) in [5, 5.41) is 3.88. The number of pyridine rings is 1. The van der Waals surface area contributed by atoms with Crippen LogP contribution in [-0.2, 0) is 0 Å². The predicted molar refractivity (Wildman–Crippen MR) is 120 cm³/mol. The van der Waals surface area contributed by atoms with Gasteiger partial charge in [0.05, 0.1) is 5.69 Å². The van der Waals surface area contributed by atoms with Gasteiger partial charge in [-0.05, 0) is 56.9 Å². The summed E-state index contributed by atoms with van der Waals surface area (Å²) in [5.41, 5.74) is 1.99. The molecule has 0 bridgehead atoms. The molecule has 0 spiro atoms. The highest BCUT2D eigenvalue weighted by Gasteiger charge is 2.39. The number of aromatic nitrogens is 3. The van der Waals surface area contributed by atoms with Crippen LogP contribution in [0.1, 0.15) is 62.6 Å². The normalized spacial score (nSPS) is 14.2. The number of carbonyl (C=O) groups is 1. The molecule has 1 aromatic carbocycles. The van der Waals surface area contributed by atoms with Crippen molar-refractivity contribution in [1.29, 1.82) is 0 Å². The minimum Gasteiger partial charge on any atom is -0.347 e. The van der Waals surface area contributed by atoms with E-state index in [0.29, 0.717) is 22.3 Å². The number of amides is 1. The Balaban J connectivity index is 1.78. The molecule has 1 aliphatic carbocycles. The van der Waals surface area contributed by atoms with Gasteiger partial charge in [-0.3, -0.25) is 9.36 Å². The Morgan fingerprint density at radius 1 is 1.20 bits per heavy atom. The number of benzene rings is 1. The summed E-state index contributed by atoms with van der Waals surface area (Å²) in [4.78, 5) is 22.5. The van der Waals surface area contributed by atoms with Crippen LogP contribution in [0.3, 0.4) is 0 Å². The maximum atomic E-state index is 13.2. The first-order valence-electron chi connectivity index (χ1n) is 10.4. The van der Waals surface area contributed by atoms with Crippen LogP contribution < -0.4 is 5.32 Å². The summed E-state index contributed by atoms with van der Waals surface area (Å²) in [6.07, 6.45) is 5.98. The SMILES string of the molecule is CC(C)c1nccn1-c1cc(C(=O)NC(C)(C)C2CC2)cc(-c2ccc(Cl)cc2)n1. The van der Waals surface area contributed by atoms with Crippen molar-refractivity contribution in [3.05, 3.63) is 65.2 Å². The highest BCUT2D eigenvalue weighted by molar-refractivity contribution is 6.30. The van der Waals surface area contributed by atoms with E-state index in [0.717, 1.165) is 29.9 Å². The Labute approximate surface area is 182 Å². The zero-order valence-electron chi connectivity index (χ0n) is 17.8. The van der Waals surface area contributed by atoms with E-state index in [1.54, 1.807) is 6.20 Å². The molecule has 1 fully saturated rings. The molecule has 3 aromatic rings. The smallest absolute Gasteiger partial charge is 0.251 e. The Bertz CT molecular complexity index is 1070. The van der Waals surface area contributed by atoms with Gasteiger partial charge >= 0.3 is 0 Å². The van der Waals surface area contributed by atoms with Crippen LogP contribution in [0.4, 0.5) is 0 Å². The van der Waals surface area contributed by atoms with E-state index in [9.17, 15) is 4.79 Å². The molecule has 1 aliphatic rings. The molecule has 0 unspecified atom stereocenters. The quantitative estimate of drug-likeness (QED) is 0.560. The Hall–Kier alpha value is -2.66. The van der Waals surface area contributed by atoms with E-state index in [4.69, 9.17) is 16.6 Å². The summed E-state index contributed by atoms with van der Waals surface area (Å²) in [5.74, 6) is 2.27. The number of halogens is 1. The van der Waals surface area contributed by atoms with E-state index in [1.807, 2.05) is 47.2 Å². The molecule has 4 rings (SSSR count). The lowest BCUT2D eigenvalue weighted by Gasteiger charge is -2.26. The maximum Gasteiger partial charge on any atom is 0.251 e.